The second-order valence-electron chi connectivity index (χ2n) is 4.27. The third-order valence-corrected chi connectivity index (χ3v) is 2.99. The van der Waals surface area contributed by atoms with Crippen molar-refractivity contribution in [2.24, 2.45) is 11.7 Å². The molecular formula is C12H19N. The van der Waals surface area contributed by atoms with Gasteiger partial charge in [0.05, 0.1) is 0 Å². The van der Waals surface area contributed by atoms with Crippen molar-refractivity contribution in [3.63, 3.8) is 0 Å². The van der Waals surface area contributed by atoms with Crippen molar-refractivity contribution in [3.8, 4) is 0 Å². The highest BCUT2D eigenvalue weighted by Crippen LogP contribution is 2.24. The van der Waals surface area contributed by atoms with Crippen LogP contribution in [0, 0.1) is 5.92 Å². The lowest BCUT2D eigenvalue weighted by Gasteiger charge is -2.27. The summed E-state index contributed by atoms with van der Waals surface area (Å²) < 4.78 is 0. The quantitative estimate of drug-likeness (QED) is 0.612. The highest BCUT2D eigenvalue weighted by atomic mass is 14.7. The Labute approximate surface area is 81.0 Å². The molecule has 0 heterocycles. The molecule has 1 nitrogen and oxygen atoms in total. The fourth-order valence-electron chi connectivity index (χ4n) is 1.30. The topological polar surface area (TPSA) is 26.0 Å². The van der Waals surface area contributed by atoms with Crippen LogP contribution in [0.25, 0.3) is 0 Å². The van der Waals surface area contributed by atoms with Crippen molar-refractivity contribution < 1.29 is 0 Å². The van der Waals surface area contributed by atoms with Gasteiger partial charge in [-0.15, -0.1) is 5.73 Å². The first kappa shape index (κ1) is 10.3. The molecule has 0 saturated heterocycles. The first-order valence-corrected chi connectivity index (χ1v) is 4.86. The van der Waals surface area contributed by atoms with Gasteiger partial charge in [-0.2, -0.15) is 0 Å². The molecule has 0 bridgehead atoms. The van der Waals surface area contributed by atoms with Crippen molar-refractivity contribution in [2.75, 3.05) is 0 Å². The number of hydrogen-bond acceptors (Lipinski definition) is 1. The van der Waals surface area contributed by atoms with Gasteiger partial charge in [0.1, 0.15) is 0 Å². The zero-order valence-electron chi connectivity index (χ0n) is 9.02. The average Bonchev–Trinajstić information content (AvgIpc) is 2.20. The smallest absolute Gasteiger partial charge is 0.0472 e. The molecule has 13 heavy (non-hydrogen) atoms. The van der Waals surface area contributed by atoms with Crippen LogP contribution in [0.1, 0.15) is 34.1 Å². The monoisotopic (exact) mass is 177 g/mol. The number of hydrogen-bond donors (Lipinski definition) is 1. The van der Waals surface area contributed by atoms with Gasteiger partial charge >= 0.3 is 0 Å². The predicted molar refractivity (Wildman–Crippen MR) is 57.4 cm³/mol. The van der Waals surface area contributed by atoms with Gasteiger partial charge in [0, 0.05) is 5.54 Å². The Balaban J connectivity index is 3.07. The van der Waals surface area contributed by atoms with Crippen LogP contribution in [0.3, 0.4) is 0 Å². The molecular weight excluding hydrogens is 158 g/mol. The third kappa shape index (κ3) is 2.12. The van der Waals surface area contributed by atoms with Crippen molar-refractivity contribution in [3.05, 3.63) is 29.0 Å². The van der Waals surface area contributed by atoms with Crippen LogP contribution in [0.4, 0.5) is 0 Å². The lowest BCUT2D eigenvalue weighted by atomic mass is 9.84. The molecule has 0 aliphatic heterocycles. The Bertz CT molecular complexity index is 290. The Kier molecular flexibility index (Phi) is 2.80. The lowest BCUT2D eigenvalue weighted by Crippen LogP contribution is -2.42. The molecule has 0 saturated carbocycles. The lowest BCUT2D eigenvalue weighted by molar-refractivity contribution is 0.389. The number of allylic oxidation sites excluding steroid dienone is 1. The van der Waals surface area contributed by atoms with Crippen molar-refractivity contribution in [1.29, 1.82) is 0 Å². The van der Waals surface area contributed by atoms with Crippen LogP contribution in [-0.4, -0.2) is 5.54 Å². The minimum Gasteiger partial charge on any atom is -0.321 e. The molecule has 0 amide bonds. The van der Waals surface area contributed by atoms with Crippen LogP contribution in [0.2, 0.25) is 0 Å². The summed E-state index contributed by atoms with van der Waals surface area (Å²) in [6.07, 6.45) is 5.16. The molecule has 2 N–H and O–H groups in total. The van der Waals surface area contributed by atoms with Gasteiger partial charge in [-0.3, -0.25) is 0 Å². The molecule has 0 spiro atoms. The minimum atomic E-state index is -0.209. The van der Waals surface area contributed by atoms with Gasteiger partial charge in [0.15, 0.2) is 0 Å². The molecule has 1 heteroatoms. The molecule has 1 atom stereocenters. The van der Waals surface area contributed by atoms with E-state index >= 15 is 0 Å². The third-order valence-electron chi connectivity index (χ3n) is 2.99. The summed E-state index contributed by atoms with van der Waals surface area (Å²) in [7, 11) is 0. The van der Waals surface area contributed by atoms with Crippen LogP contribution in [-0.2, 0) is 0 Å². The summed E-state index contributed by atoms with van der Waals surface area (Å²) in [6, 6.07) is 0. The summed E-state index contributed by atoms with van der Waals surface area (Å²) in [5, 5.41) is 0. The Hall–Kier alpha value is -0.780. The molecule has 72 valence electrons. The van der Waals surface area contributed by atoms with E-state index in [1.54, 1.807) is 0 Å². The van der Waals surface area contributed by atoms with E-state index in [0.717, 1.165) is 6.42 Å². The SMILES string of the molecule is CC1=C=CC(N)(C(C)C)CC=C1C. The van der Waals surface area contributed by atoms with Crippen LogP contribution >= 0.6 is 0 Å². The number of rotatable bonds is 1. The first-order valence-electron chi connectivity index (χ1n) is 4.86. The van der Waals surface area contributed by atoms with E-state index in [0.29, 0.717) is 5.92 Å². The molecule has 0 aromatic rings. The molecule has 1 aliphatic rings. The Morgan fingerprint density at radius 2 is 2.08 bits per heavy atom. The first-order chi connectivity index (χ1) is 5.96. The predicted octanol–water partition coefficient (Wildman–Crippen LogP) is 2.79. The maximum atomic E-state index is 6.25. The maximum Gasteiger partial charge on any atom is 0.0472 e. The fourth-order valence-corrected chi connectivity index (χ4v) is 1.30. The highest BCUT2D eigenvalue weighted by Gasteiger charge is 2.25. The van der Waals surface area contributed by atoms with Crippen molar-refractivity contribution >= 4 is 0 Å². The van der Waals surface area contributed by atoms with E-state index in [2.05, 4.69) is 39.5 Å². The van der Waals surface area contributed by atoms with Crippen LogP contribution in [0.15, 0.2) is 29.0 Å². The van der Waals surface area contributed by atoms with Gasteiger partial charge in [-0.25, -0.2) is 0 Å². The molecule has 0 aromatic carbocycles. The largest absolute Gasteiger partial charge is 0.321 e. The normalized spacial score (nSPS) is 28.5. The molecule has 0 radical (unpaired) electrons. The van der Waals surface area contributed by atoms with E-state index in [-0.39, 0.29) is 5.54 Å². The summed E-state index contributed by atoms with van der Waals surface area (Å²) in [5.41, 5.74) is 11.8. The standard InChI is InChI=1S/C12H19N/c1-9(2)12(13)7-5-10(3)11(4)6-8-12/h5,8-9H,7,13H2,1-4H3. The fraction of sp³-hybridized carbons (Fsp3) is 0.583. The van der Waals surface area contributed by atoms with Crippen molar-refractivity contribution in [1.82, 2.24) is 0 Å². The Morgan fingerprint density at radius 3 is 2.62 bits per heavy atom. The average molecular weight is 177 g/mol. The second kappa shape index (κ2) is 3.53. The minimum absolute atomic E-state index is 0.209. The van der Waals surface area contributed by atoms with Crippen LogP contribution in [0.5, 0.6) is 0 Å². The summed E-state index contributed by atoms with van der Waals surface area (Å²) in [6.45, 7) is 8.50. The zero-order chi connectivity index (χ0) is 10.1. The molecule has 0 fully saturated rings. The molecule has 1 unspecified atom stereocenters. The number of nitrogens with two attached hydrogens (primary N) is 1. The van der Waals surface area contributed by atoms with E-state index in [1.165, 1.54) is 11.1 Å². The van der Waals surface area contributed by atoms with Gasteiger partial charge in [0.25, 0.3) is 0 Å². The second-order valence-corrected chi connectivity index (χ2v) is 4.27. The van der Waals surface area contributed by atoms with E-state index < -0.39 is 0 Å². The highest BCUT2D eigenvalue weighted by molar-refractivity contribution is 5.31. The molecule has 1 rings (SSSR count). The van der Waals surface area contributed by atoms with E-state index in [1.807, 2.05) is 6.08 Å². The van der Waals surface area contributed by atoms with Gasteiger partial charge < -0.3 is 5.73 Å². The maximum absolute atomic E-state index is 6.25. The van der Waals surface area contributed by atoms with E-state index in [9.17, 15) is 0 Å². The van der Waals surface area contributed by atoms with Gasteiger partial charge in [-0.1, -0.05) is 19.9 Å². The van der Waals surface area contributed by atoms with Gasteiger partial charge in [-0.05, 0) is 43.4 Å². The van der Waals surface area contributed by atoms with Crippen molar-refractivity contribution in [2.45, 2.75) is 39.7 Å². The van der Waals surface area contributed by atoms with E-state index in [4.69, 9.17) is 5.73 Å². The van der Waals surface area contributed by atoms with Crippen LogP contribution < -0.4 is 5.73 Å². The molecule has 0 aromatic heterocycles. The van der Waals surface area contributed by atoms with Gasteiger partial charge in [0.2, 0.25) is 0 Å². The summed E-state index contributed by atoms with van der Waals surface area (Å²) >= 11 is 0. The zero-order valence-corrected chi connectivity index (χ0v) is 9.02. The summed E-state index contributed by atoms with van der Waals surface area (Å²) in [5.74, 6) is 0.454. The summed E-state index contributed by atoms with van der Waals surface area (Å²) in [4.78, 5) is 0. The molecule has 1 aliphatic carbocycles. The Morgan fingerprint density at radius 1 is 1.46 bits per heavy atom.